The van der Waals surface area contributed by atoms with Crippen molar-refractivity contribution in [1.82, 2.24) is 4.90 Å². The normalized spacial score (nSPS) is 20.6. The molecule has 0 saturated carbocycles. The third kappa shape index (κ3) is 9.07. The van der Waals surface area contributed by atoms with Crippen molar-refractivity contribution in [2.75, 3.05) is 41.4 Å². The van der Waals surface area contributed by atoms with E-state index in [0.29, 0.717) is 31.5 Å². The average Bonchev–Trinajstić information content (AvgIpc) is 4.16. The van der Waals surface area contributed by atoms with Crippen LogP contribution < -0.4 is 14.7 Å². The van der Waals surface area contributed by atoms with Crippen molar-refractivity contribution in [1.29, 1.82) is 0 Å². The number of thiocarbonyl (C=S) groups is 1. The molecule has 14 heteroatoms. The van der Waals surface area contributed by atoms with Crippen molar-refractivity contribution < 1.29 is 24.0 Å². The molecule has 4 aliphatic heterocycles. The van der Waals surface area contributed by atoms with E-state index in [2.05, 4.69) is 78.8 Å². The highest BCUT2D eigenvalue weighted by atomic mass is 32.2. The fraction of sp³-hybridized carbons (Fsp3) is 0.179. The smallest absolute Gasteiger partial charge is 0.265 e. The number of likely N-dealkylation sites (N-methyl/N-ethyl adjacent to an activating group) is 1. The van der Waals surface area contributed by atoms with Gasteiger partial charge in [-0.25, -0.2) is 0 Å². The summed E-state index contributed by atoms with van der Waals surface area (Å²) in [5.74, 6) is -0.968. The summed E-state index contributed by atoms with van der Waals surface area (Å²) in [6.45, 7) is 14.6. The third-order valence-electron chi connectivity index (χ3n) is 12.3. The number of carbonyl (C=O) groups excluding carboxylic acids is 5. The molecule has 70 heavy (non-hydrogen) atoms. The molecule has 6 aliphatic rings. The Balaban J connectivity index is 0.000000200. The maximum atomic E-state index is 13.1. The number of benzene rings is 4. The van der Waals surface area contributed by atoms with Gasteiger partial charge in [0.25, 0.3) is 5.91 Å². The monoisotopic (exact) mass is 1020 g/mol. The van der Waals surface area contributed by atoms with E-state index < -0.39 is 0 Å². The van der Waals surface area contributed by atoms with Crippen molar-refractivity contribution in [3.8, 4) is 0 Å². The number of carbonyl (C=O) groups is 5. The molecule has 0 spiro atoms. The van der Waals surface area contributed by atoms with Crippen LogP contribution in [-0.4, -0.2) is 64.9 Å². The highest BCUT2D eigenvalue weighted by molar-refractivity contribution is 8.26. The first kappa shape index (κ1) is 48.8. The first-order valence-corrected chi connectivity index (χ1v) is 26.5. The molecule has 4 aromatic carbocycles. The Morgan fingerprint density at radius 2 is 0.914 bits per heavy atom. The number of allylic oxidation sites excluding steroid dienone is 12. The van der Waals surface area contributed by atoms with Gasteiger partial charge in [0.15, 0.2) is 23.1 Å². The summed E-state index contributed by atoms with van der Waals surface area (Å²) in [7, 11) is 1.70. The fourth-order valence-corrected chi connectivity index (χ4v) is 13.6. The van der Waals surface area contributed by atoms with Crippen LogP contribution in [-0.2, 0) is 4.79 Å². The van der Waals surface area contributed by atoms with Gasteiger partial charge in [-0.3, -0.25) is 28.9 Å². The summed E-state index contributed by atoms with van der Waals surface area (Å²) < 4.78 is 0.600. The van der Waals surface area contributed by atoms with E-state index in [0.717, 1.165) is 62.0 Å². The van der Waals surface area contributed by atoms with Gasteiger partial charge in [-0.15, -0.1) is 0 Å². The summed E-state index contributed by atoms with van der Waals surface area (Å²) in [5.41, 5.74) is 8.83. The van der Waals surface area contributed by atoms with Crippen LogP contribution in [0.25, 0.3) is 0 Å². The highest BCUT2D eigenvalue weighted by Gasteiger charge is 2.37. The van der Waals surface area contributed by atoms with Crippen LogP contribution in [0.3, 0.4) is 0 Å². The number of ketones is 4. The van der Waals surface area contributed by atoms with E-state index in [1.165, 1.54) is 37.8 Å². The van der Waals surface area contributed by atoms with Gasteiger partial charge in [-0.2, -0.15) is 0 Å². The van der Waals surface area contributed by atoms with Crippen LogP contribution in [0, 0.1) is 20.8 Å². The highest BCUT2D eigenvalue weighted by Crippen LogP contribution is 2.58. The van der Waals surface area contributed by atoms with E-state index >= 15 is 0 Å². The molecule has 0 radical (unpaired) electrons. The molecule has 10 rings (SSSR count). The van der Waals surface area contributed by atoms with Gasteiger partial charge in [0.1, 0.15) is 4.32 Å². The first-order valence-electron chi connectivity index (χ1n) is 22.9. The summed E-state index contributed by atoms with van der Waals surface area (Å²) in [6.07, 6.45) is 18.8. The summed E-state index contributed by atoms with van der Waals surface area (Å²) in [5, 5.41) is 3.11. The predicted octanol–water partition coefficient (Wildman–Crippen LogP) is 13.1. The minimum Gasteiger partial charge on any atom is -0.335 e. The van der Waals surface area contributed by atoms with E-state index in [1.807, 2.05) is 68.5 Å². The van der Waals surface area contributed by atoms with Crippen LogP contribution in [0.4, 0.5) is 17.1 Å². The molecule has 0 atom stereocenters. The number of amides is 1. The lowest BCUT2D eigenvalue weighted by Crippen LogP contribution is -2.22. The maximum absolute atomic E-state index is 13.1. The molecule has 4 heterocycles. The number of fused-ring (bicyclic) bond motifs is 6. The molecule has 1 saturated heterocycles. The van der Waals surface area contributed by atoms with E-state index in [-0.39, 0.29) is 40.2 Å². The van der Waals surface area contributed by atoms with Crippen LogP contribution in [0.2, 0.25) is 0 Å². The number of hydrogen-bond donors (Lipinski definition) is 0. The second-order valence-electron chi connectivity index (χ2n) is 16.9. The van der Waals surface area contributed by atoms with Crippen LogP contribution in [0.5, 0.6) is 0 Å². The number of aryl methyl sites for hydroxylation is 3. The van der Waals surface area contributed by atoms with Crippen LogP contribution in [0.1, 0.15) is 78.9 Å². The van der Waals surface area contributed by atoms with Crippen molar-refractivity contribution in [2.24, 2.45) is 0 Å². The van der Waals surface area contributed by atoms with Gasteiger partial charge >= 0.3 is 0 Å². The Morgan fingerprint density at radius 1 is 0.471 bits per heavy atom. The molecule has 9 nitrogen and oxygen atoms in total. The Morgan fingerprint density at radius 3 is 1.40 bits per heavy atom. The quantitative estimate of drug-likeness (QED) is 0.0726. The fourth-order valence-electron chi connectivity index (χ4n) is 8.74. The molecule has 0 N–H and O–H groups in total. The molecule has 1 fully saturated rings. The number of anilines is 3. The van der Waals surface area contributed by atoms with Crippen LogP contribution >= 0.6 is 59.3 Å². The van der Waals surface area contributed by atoms with Crippen molar-refractivity contribution >= 4 is 110 Å². The SMILES string of the molecule is CCN1/C(=C/C=C/C=C/C=C2/SC(=S)N(C)C2=O)Sc2ccc(C)cc21.CCN1/C(=C/C=C2/C(=O)c3ccc(C)cc3C2=O)Sc2c1ccc1c2S/C(=C\C=C2\C(=O)c3ccc(C)cc3C2=O)N1CC. The molecule has 4 aromatic rings. The summed E-state index contributed by atoms with van der Waals surface area (Å²) >= 11 is 11.5. The zero-order valence-corrected chi connectivity index (χ0v) is 43.7. The van der Waals surface area contributed by atoms with Gasteiger partial charge in [0.05, 0.1) is 58.0 Å². The molecule has 2 aliphatic carbocycles. The molecule has 0 bridgehead atoms. The lowest BCUT2D eigenvalue weighted by Gasteiger charge is -2.20. The van der Waals surface area contributed by atoms with Gasteiger partial charge < -0.3 is 14.7 Å². The predicted molar refractivity (Wildman–Crippen MR) is 294 cm³/mol. The van der Waals surface area contributed by atoms with E-state index in [1.54, 1.807) is 78.8 Å². The number of thioether (sulfide) groups is 4. The Hall–Kier alpha value is -6.16. The van der Waals surface area contributed by atoms with Crippen molar-refractivity contribution in [2.45, 2.75) is 56.2 Å². The number of rotatable bonds is 8. The molecular formula is C56H48N4O5S5. The summed E-state index contributed by atoms with van der Waals surface area (Å²) in [4.78, 5) is 76.5. The van der Waals surface area contributed by atoms with Gasteiger partial charge in [0, 0.05) is 53.8 Å². The zero-order chi connectivity index (χ0) is 49.5. The molecule has 0 aromatic heterocycles. The third-order valence-corrected chi connectivity index (χ3v) is 17.5. The lowest BCUT2D eigenvalue weighted by molar-refractivity contribution is -0.121. The topological polar surface area (TPSA) is 98.3 Å². The minimum atomic E-state index is -0.234. The van der Waals surface area contributed by atoms with Gasteiger partial charge in [0.2, 0.25) is 0 Å². The zero-order valence-electron chi connectivity index (χ0n) is 39.6. The number of Topliss-reactive ketones (excluding diaryl/α,β-unsaturated/α-hetero) is 4. The minimum absolute atomic E-state index is 0.0373. The van der Waals surface area contributed by atoms with Gasteiger partial charge in [-0.1, -0.05) is 125 Å². The van der Waals surface area contributed by atoms with Crippen molar-refractivity contribution in [3.05, 3.63) is 198 Å². The molecule has 1 amide bonds. The Bertz CT molecular complexity index is 3120. The lowest BCUT2D eigenvalue weighted by atomic mass is 10.1. The average molecular weight is 1020 g/mol. The van der Waals surface area contributed by atoms with E-state index in [9.17, 15) is 24.0 Å². The molecule has 0 unspecified atom stereocenters. The maximum Gasteiger partial charge on any atom is 0.265 e. The summed E-state index contributed by atoms with van der Waals surface area (Å²) in [6, 6.07) is 21.5. The Kier molecular flexibility index (Phi) is 14.2. The second kappa shape index (κ2) is 20.3. The van der Waals surface area contributed by atoms with Gasteiger partial charge in [-0.05, 0) is 120 Å². The van der Waals surface area contributed by atoms with Crippen molar-refractivity contribution in [3.63, 3.8) is 0 Å². The Labute approximate surface area is 430 Å². The van der Waals surface area contributed by atoms with E-state index in [4.69, 9.17) is 12.2 Å². The van der Waals surface area contributed by atoms with Crippen LogP contribution in [0.15, 0.2) is 173 Å². The molecule has 352 valence electrons. The molecular weight excluding hydrogens is 969 g/mol. The number of nitrogens with zero attached hydrogens (tertiary/aromatic N) is 4. The first-order chi connectivity index (χ1) is 33.7. The number of hydrogen-bond acceptors (Lipinski definition) is 13. The standard InChI is InChI=1S/C36H28N2O4S2.C20H20N2OS3/c1-5-37-27-13-14-28-36(35(27)43-29(37)15-11-23-31(39)21-9-7-19(3)17-25(21)33(23)41)44-30(38(28)6-2)16-12-24-32(40)22-10-8-20(4)18-26(22)34(24)42;1-4-22-15-13-14(2)11-12-16(15)25-18(22)10-8-6-5-7-9-17-19(23)21(3)20(24)26-17/h7-18H,5-6H2,1-4H3;5-13H,4H2,1-3H3/b23-11-,24-12-,29-15-,30-16-;7-5+,8-6+,17-9+,18-10-. The second-order valence-corrected chi connectivity index (χ2v) is 21.7. The largest absolute Gasteiger partial charge is 0.335 e.